The van der Waals surface area contributed by atoms with Crippen LogP contribution in [0.25, 0.3) is 0 Å². The molecule has 27 heavy (non-hydrogen) atoms. The van der Waals surface area contributed by atoms with Crippen molar-refractivity contribution in [2.24, 2.45) is 0 Å². The van der Waals surface area contributed by atoms with Crippen LogP contribution in [0.3, 0.4) is 0 Å². The average Bonchev–Trinajstić information content (AvgIpc) is 2.67. The van der Waals surface area contributed by atoms with Crippen molar-refractivity contribution >= 4 is 26.0 Å². The van der Waals surface area contributed by atoms with Gasteiger partial charge in [-0.15, -0.1) is 0 Å². The van der Waals surface area contributed by atoms with Crippen LogP contribution in [0, 0.1) is 0 Å². The van der Waals surface area contributed by atoms with E-state index in [0.717, 1.165) is 0 Å². The maximum Gasteiger partial charge on any atom is 0.261 e. The fourth-order valence-corrected chi connectivity index (χ4v) is 4.52. The first-order chi connectivity index (χ1) is 12.8. The quantitative estimate of drug-likeness (QED) is 0.342. The lowest BCUT2D eigenvalue weighted by atomic mass is 10.2. The number of carbonyl (C=O) groups is 1. The van der Waals surface area contributed by atoms with Gasteiger partial charge in [0.05, 0.1) is 9.79 Å². The smallest absolute Gasteiger partial charge is 0.261 e. The van der Waals surface area contributed by atoms with Gasteiger partial charge in [0.2, 0.25) is 20.0 Å². The Morgan fingerprint density at radius 1 is 0.852 bits per heavy atom. The molecular formula is C16H19N3O6S2. The molecule has 1 unspecified atom stereocenters. The van der Waals surface area contributed by atoms with Gasteiger partial charge in [-0.3, -0.25) is 10.0 Å². The van der Waals surface area contributed by atoms with Gasteiger partial charge in [0.15, 0.2) is 0 Å². The number of amides is 1. The Morgan fingerprint density at radius 2 is 1.33 bits per heavy atom. The average molecular weight is 413 g/mol. The lowest BCUT2D eigenvalue weighted by molar-refractivity contribution is -0.131. The largest absolute Gasteiger partial charge is 0.289 e. The fourth-order valence-electron chi connectivity index (χ4n) is 2.20. The van der Waals surface area contributed by atoms with Crippen LogP contribution in [0.4, 0.5) is 0 Å². The van der Waals surface area contributed by atoms with E-state index in [4.69, 9.17) is 5.21 Å². The van der Waals surface area contributed by atoms with Gasteiger partial charge in [-0.2, -0.15) is 4.72 Å². The van der Waals surface area contributed by atoms with Crippen LogP contribution in [-0.4, -0.2) is 40.5 Å². The summed E-state index contributed by atoms with van der Waals surface area (Å²) < 4.78 is 53.4. The molecule has 2 aromatic rings. The zero-order chi connectivity index (χ0) is 19.9. The first-order valence-electron chi connectivity index (χ1n) is 7.82. The van der Waals surface area contributed by atoms with Gasteiger partial charge in [-0.1, -0.05) is 36.4 Å². The highest BCUT2D eigenvalue weighted by molar-refractivity contribution is 7.89. The molecule has 0 spiro atoms. The number of hydrogen-bond acceptors (Lipinski definition) is 6. The van der Waals surface area contributed by atoms with E-state index in [1.165, 1.54) is 41.9 Å². The molecule has 0 bridgehead atoms. The molecule has 11 heteroatoms. The Hall–Kier alpha value is -2.31. The van der Waals surface area contributed by atoms with Crippen LogP contribution >= 0.6 is 0 Å². The fraction of sp³-hybridized carbons (Fsp3) is 0.188. The van der Waals surface area contributed by atoms with Gasteiger partial charge >= 0.3 is 0 Å². The standard InChI is InChI=1S/C16H19N3O6S2/c20-16(18-21)15(19-27(24,25)14-9-5-2-6-10-14)11-12-17-26(22,23)13-7-3-1-4-8-13/h1-10,15,17,19,21H,11-12H2,(H,18,20). The van der Waals surface area contributed by atoms with E-state index in [9.17, 15) is 21.6 Å². The second-order valence-electron chi connectivity index (χ2n) is 5.46. The molecule has 1 amide bonds. The van der Waals surface area contributed by atoms with Crippen molar-refractivity contribution in [1.29, 1.82) is 0 Å². The minimum atomic E-state index is -4.03. The maximum absolute atomic E-state index is 12.3. The molecule has 4 N–H and O–H groups in total. The maximum atomic E-state index is 12.3. The summed E-state index contributed by atoms with van der Waals surface area (Å²) in [5.41, 5.74) is 1.38. The number of nitrogens with one attached hydrogen (secondary N) is 3. The van der Waals surface area contributed by atoms with E-state index in [1.54, 1.807) is 24.3 Å². The van der Waals surface area contributed by atoms with Crippen LogP contribution in [0.1, 0.15) is 6.42 Å². The molecule has 0 fully saturated rings. The summed E-state index contributed by atoms with van der Waals surface area (Å²) >= 11 is 0. The molecule has 0 aromatic heterocycles. The van der Waals surface area contributed by atoms with Gasteiger partial charge in [0, 0.05) is 6.54 Å². The number of hydroxylamine groups is 1. The summed E-state index contributed by atoms with van der Waals surface area (Å²) in [6.45, 7) is -0.230. The monoisotopic (exact) mass is 413 g/mol. The molecule has 2 rings (SSSR count). The highest BCUT2D eigenvalue weighted by atomic mass is 32.2. The Bertz CT molecular complexity index is 964. The topological polar surface area (TPSA) is 142 Å². The van der Waals surface area contributed by atoms with Crippen molar-refractivity contribution in [3.8, 4) is 0 Å². The van der Waals surface area contributed by atoms with Crippen molar-refractivity contribution in [2.45, 2.75) is 22.3 Å². The lowest BCUT2D eigenvalue weighted by Gasteiger charge is -2.17. The summed E-state index contributed by atoms with van der Waals surface area (Å²) in [5, 5.41) is 8.84. The predicted octanol–water partition coefficient (Wildman–Crippen LogP) is 0.208. The van der Waals surface area contributed by atoms with Crippen LogP contribution in [0.2, 0.25) is 0 Å². The van der Waals surface area contributed by atoms with Gasteiger partial charge in [0.1, 0.15) is 6.04 Å². The Morgan fingerprint density at radius 3 is 1.81 bits per heavy atom. The first-order valence-corrected chi connectivity index (χ1v) is 10.8. The first kappa shape index (κ1) is 21.0. The highest BCUT2D eigenvalue weighted by Gasteiger charge is 2.26. The van der Waals surface area contributed by atoms with Crippen LogP contribution in [-0.2, 0) is 24.8 Å². The normalized spacial score (nSPS) is 13.1. The van der Waals surface area contributed by atoms with Gasteiger partial charge < -0.3 is 0 Å². The molecule has 1 atom stereocenters. The summed E-state index contributed by atoms with van der Waals surface area (Å²) in [4.78, 5) is 11.8. The minimum Gasteiger partial charge on any atom is -0.289 e. The number of hydrogen-bond donors (Lipinski definition) is 4. The number of carbonyl (C=O) groups excluding carboxylic acids is 1. The van der Waals surface area contributed by atoms with Crippen molar-refractivity contribution in [3.05, 3.63) is 60.7 Å². The van der Waals surface area contributed by atoms with Gasteiger partial charge in [-0.25, -0.2) is 27.0 Å². The van der Waals surface area contributed by atoms with E-state index >= 15 is 0 Å². The molecule has 9 nitrogen and oxygen atoms in total. The van der Waals surface area contributed by atoms with E-state index in [2.05, 4.69) is 9.44 Å². The van der Waals surface area contributed by atoms with Crippen LogP contribution < -0.4 is 14.9 Å². The van der Waals surface area contributed by atoms with Crippen molar-refractivity contribution in [2.75, 3.05) is 6.54 Å². The SMILES string of the molecule is O=C(NO)C(CCNS(=O)(=O)c1ccccc1)NS(=O)(=O)c1ccccc1. The Labute approximate surface area is 157 Å². The number of sulfonamides is 2. The third-order valence-corrected chi connectivity index (χ3v) is 6.52. The van der Waals surface area contributed by atoms with E-state index in [0.29, 0.717) is 0 Å². The second-order valence-corrected chi connectivity index (χ2v) is 8.94. The summed E-state index contributed by atoms with van der Waals surface area (Å²) in [6.07, 6.45) is -0.218. The minimum absolute atomic E-state index is 0.0398. The van der Waals surface area contributed by atoms with Crippen LogP contribution in [0.15, 0.2) is 70.5 Å². The van der Waals surface area contributed by atoms with Crippen LogP contribution in [0.5, 0.6) is 0 Å². The molecule has 0 aliphatic heterocycles. The van der Waals surface area contributed by atoms with Crippen molar-refractivity contribution in [1.82, 2.24) is 14.9 Å². The molecule has 0 radical (unpaired) electrons. The van der Waals surface area contributed by atoms with Crippen molar-refractivity contribution in [3.63, 3.8) is 0 Å². The Kier molecular flexibility index (Phi) is 7.05. The summed E-state index contributed by atoms with van der Waals surface area (Å²) in [7, 11) is -7.84. The lowest BCUT2D eigenvalue weighted by Crippen LogP contribution is -2.47. The molecular weight excluding hydrogens is 394 g/mol. The third kappa shape index (κ3) is 5.84. The zero-order valence-corrected chi connectivity index (χ0v) is 15.7. The molecule has 0 aliphatic carbocycles. The summed E-state index contributed by atoms with van der Waals surface area (Å²) in [6, 6.07) is 13.6. The third-order valence-electron chi connectivity index (χ3n) is 3.56. The Balaban J connectivity index is 2.06. The molecule has 0 saturated carbocycles. The predicted molar refractivity (Wildman–Crippen MR) is 96.7 cm³/mol. The molecule has 0 heterocycles. The van der Waals surface area contributed by atoms with E-state index < -0.39 is 32.0 Å². The van der Waals surface area contributed by atoms with Gasteiger partial charge in [0.25, 0.3) is 5.91 Å². The van der Waals surface area contributed by atoms with E-state index in [1.807, 2.05) is 0 Å². The second kappa shape index (κ2) is 9.06. The number of benzene rings is 2. The van der Waals surface area contributed by atoms with E-state index in [-0.39, 0.29) is 22.8 Å². The molecule has 0 saturated heterocycles. The molecule has 0 aliphatic rings. The zero-order valence-electron chi connectivity index (χ0n) is 14.1. The number of rotatable bonds is 9. The van der Waals surface area contributed by atoms with Crippen molar-refractivity contribution < 1.29 is 26.8 Å². The van der Waals surface area contributed by atoms with Gasteiger partial charge in [-0.05, 0) is 30.7 Å². The molecule has 2 aromatic carbocycles. The summed E-state index contributed by atoms with van der Waals surface area (Å²) in [5.74, 6) is -1.01. The molecule has 146 valence electrons. The highest BCUT2D eigenvalue weighted by Crippen LogP contribution is 2.10.